The Kier molecular flexibility index (Phi) is 6.94. The number of methoxy groups -OCH3 is 1. The normalized spacial score (nSPS) is 13.9. The highest BCUT2D eigenvalue weighted by Crippen LogP contribution is 2.31. The number of benzene rings is 3. The van der Waals surface area contributed by atoms with E-state index in [4.69, 9.17) is 30.5 Å². The molecule has 0 N–H and O–H groups in total. The molecule has 0 unspecified atom stereocenters. The summed E-state index contributed by atoms with van der Waals surface area (Å²) in [6.45, 7) is 2.17. The fourth-order valence-corrected chi connectivity index (χ4v) is 3.36. The van der Waals surface area contributed by atoms with Crippen LogP contribution >= 0.6 is 11.6 Å². The molecule has 4 rings (SSSR count). The summed E-state index contributed by atoms with van der Waals surface area (Å²) < 4.78 is 21.6. The van der Waals surface area contributed by atoms with Gasteiger partial charge >= 0.3 is 11.9 Å². The van der Waals surface area contributed by atoms with E-state index >= 15 is 0 Å². The van der Waals surface area contributed by atoms with Gasteiger partial charge in [-0.25, -0.2) is 14.6 Å². The van der Waals surface area contributed by atoms with Crippen LogP contribution in [0.5, 0.6) is 17.2 Å². The van der Waals surface area contributed by atoms with E-state index in [0.29, 0.717) is 39.8 Å². The van der Waals surface area contributed by atoms with E-state index in [1.165, 1.54) is 0 Å². The second kappa shape index (κ2) is 10.2. The van der Waals surface area contributed by atoms with Crippen LogP contribution in [-0.4, -0.2) is 31.6 Å². The lowest BCUT2D eigenvalue weighted by Gasteiger charge is -2.11. The van der Waals surface area contributed by atoms with Crippen LogP contribution in [0.4, 0.5) is 0 Å². The molecule has 0 radical (unpaired) electrons. The van der Waals surface area contributed by atoms with E-state index in [9.17, 15) is 9.59 Å². The number of esters is 2. The van der Waals surface area contributed by atoms with Crippen LogP contribution in [0.2, 0.25) is 5.02 Å². The van der Waals surface area contributed by atoms with Crippen LogP contribution < -0.4 is 14.2 Å². The zero-order chi connectivity index (χ0) is 24.1. The summed E-state index contributed by atoms with van der Waals surface area (Å²) in [4.78, 5) is 29.2. The van der Waals surface area contributed by atoms with Gasteiger partial charge in [-0.05, 0) is 73.2 Å². The van der Waals surface area contributed by atoms with Gasteiger partial charge in [-0.1, -0.05) is 23.7 Å². The van der Waals surface area contributed by atoms with Gasteiger partial charge in [0.1, 0.15) is 5.75 Å². The monoisotopic (exact) mass is 477 g/mol. The quantitative estimate of drug-likeness (QED) is 0.260. The number of hydrogen-bond donors (Lipinski definition) is 0. The van der Waals surface area contributed by atoms with Gasteiger partial charge in [0.15, 0.2) is 17.2 Å². The van der Waals surface area contributed by atoms with Crippen LogP contribution in [0.3, 0.4) is 0 Å². The molecule has 3 aromatic carbocycles. The van der Waals surface area contributed by atoms with Gasteiger partial charge < -0.3 is 18.9 Å². The first-order valence-electron chi connectivity index (χ1n) is 10.4. The summed E-state index contributed by atoms with van der Waals surface area (Å²) >= 11 is 6.01. The minimum absolute atomic E-state index is 0.125. The predicted octanol–water partition coefficient (Wildman–Crippen LogP) is 5.31. The fourth-order valence-electron chi connectivity index (χ4n) is 3.16. The highest BCUT2D eigenvalue weighted by molar-refractivity contribution is 6.31. The van der Waals surface area contributed by atoms with E-state index in [0.717, 1.165) is 0 Å². The van der Waals surface area contributed by atoms with Crippen molar-refractivity contribution in [1.29, 1.82) is 0 Å². The zero-order valence-corrected chi connectivity index (χ0v) is 19.2. The number of halogens is 1. The second-order valence-electron chi connectivity index (χ2n) is 7.10. The summed E-state index contributed by atoms with van der Waals surface area (Å²) in [6.07, 6.45) is 1.57. The van der Waals surface area contributed by atoms with Gasteiger partial charge in [0.05, 0.1) is 19.3 Å². The smallest absolute Gasteiger partial charge is 0.363 e. The lowest BCUT2D eigenvalue weighted by molar-refractivity contribution is -0.129. The number of aliphatic imine (C=N–C) groups is 1. The fraction of sp³-hybridized carbons (Fsp3) is 0.115. The minimum Gasteiger partial charge on any atom is -0.497 e. The molecule has 1 aliphatic heterocycles. The molecule has 0 atom stereocenters. The zero-order valence-electron chi connectivity index (χ0n) is 18.4. The average molecular weight is 478 g/mol. The number of ether oxygens (including phenoxy) is 4. The Morgan fingerprint density at radius 1 is 1.06 bits per heavy atom. The van der Waals surface area contributed by atoms with Crippen molar-refractivity contribution in [3.05, 3.63) is 94.1 Å². The van der Waals surface area contributed by atoms with E-state index in [1.54, 1.807) is 79.9 Å². The molecule has 0 bridgehead atoms. The maximum atomic E-state index is 12.6. The van der Waals surface area contributed by atoms with Gasteiger partial charge in [-0.15, -0.1) is 0 Å². The third-order valence-corrected chi connectivity index (χ3v) is 5.03. The largest absolute Gasteiger partial charge is 0.497 e. The highest BCUT2D eigenvalue weighted by Gasteiger charge is 2.24. The number of cyclic esters (lactones) is 1. The minimum atomic E-state index is -0.581. The Balaban J connectivity index is 1.57. The highest BCUT2D eigenvalue weighted by atomic mass is 35.5. The van der Waals surface area contributed by atoms with Gasteiger partial charge in [-0.3, -0.25) is 0 Å². The van der Waals surface area contributed by atoms with Gasteiger partial charge in [-0.2, -0.15) is 0 Å². The Morgan fingerprint density at radius 2 is 1.85 bits per heavy atom. The van der Waals surface area contributed by atoms with Crippen LogP contribution in [0.1, 0.15) is 28.4 Å². The summed E-state index contributed by atoms with van der Waals surface area (Å²) in [5, 5.41) is 0.509. The predicted molar refractivity (Wildman–Crippen MR) is 128 cm³/mol. The van der Waals surface area contributed by atoms with Gasteiger partial charge in [0.2, 0.25) is 5.90 Å². The molecule has 1 aliphatic rings. The Bertz CT molecular complexity index is 1300. The maximum Gasteiger partial charge on any atom is 0.363 e. The molecule has 0 saturated carbocycles. The molecule has 1 heterocycles. The van der Waals surface area contributed by atoms with Crippen LogP contribution in [0.25, 0.3) is 6.08 Å². The van der Waals surface area contributed by atoms with Crippen LogP contribution in [0, 0.1) is 0 Å². The molecular formula is C26H20ClNO6. The Hall–Kier alpha value is -4.10. The van der Waals surface area contributed by atoms with Crippen molar-refractivity contribution in [2.45, 2.75) is 6.92 Å². The molecule has 0 spiro atoms. The first-order chi connectivity index (χ1) is 16.5. The second-order valence-corrected chi connectivity index (χ2v) is 7.54. The molecule has 7 nitrogen and oxygen atoms in total. The number of carbonyl (C=O) groups excluding carboxylic acids is 2. The Labute approximate surface area is 201 Å². The number of rotatable bonds is 7. The van der Waals surface area contributed by atoms with Crippen molar-refractivity contribution in [3.8, 4) is 17.2 Å². The van der Waals surface area contributed by atoms with Gasteiger partial charge in [0, 0.05) is 10.6 Å². The topological polar surface area (TPSA) is 83.4 Å². The molecule has 0 amide bonds. The number of nitrogens with zero attached hydrogens (tertiary/aromatic N) is 1. The summed E-state index contributed by atoms with van der Waals surface area (Å²) in [7, 11) is 1.55. The molecule has 172 valence electrons. The molecule has 0 fully saturated rings. The summed E-state index contributed by atoms with van der Waals surface area (Å²) in [6, 6.07) is 18.4. The van der Waals surface area contributed by atoms with E-state index in [2.05, 4.69) is 4.99 Å². The molecule has 3 aromatic rings. The average Bonchev–Trinajstić information content (AvgIpc) is 3.21. The molecular weight excluding hydrogens is 458 g/mol. The lowest BCUT2D eigenvalue weighted by Crippen LogP contribution is -2.09. The van der Waals surface area contributed by atoms with Crippen molar-refractivity contribution >= 4 is 35.5 Å². The third-order valence-electron chi connectivity index (χ3n) is 4.79. The number of hydrogen-bond acceptors (Lipinski definition) is 7. The third kappa shape index (κ3) is 5.27. The summed E-state index contributed by atoms with van der Waals surface area (Å²) in [5.41, 5.74) is 1.71. The van der Waals surface area contributed by atoms with Crippen molar-refractivity contribution in [2.24, 2.45) is 4.99 Å². The molecule has 0 aromatic heterocycles. The van der Waals surface area contributed by atoms with E-state index in [1.807, 2.05) is 6.92 Å². The van der Waals surface area contributed by atoms with E-state index < -0.39 is 11.9 Å². The molecule has 34 heavy (non-hydrogen) atoms. The number of carbonyl (C=O) groups is 2. The van der Waals surface area contributed by atoms with Crippen molar-refractivity contribution in [1.82, 2.24) is 0 Å². The maximum absolute atomic E-state index is 12.6. The standard InChI is InChI=1S/C26H20ClNO6/c1-3-32-23-14-16(7-12-22(23)33-25(29)17-8-10-20(31-2)11-9-17)13-21-26(30)34-24(28-21)18-5-4-6-19(27)15-18/h4-15H,3H2,1-2H3/b21-13-. The van der Waals surface area contributed by atoms with Crippen LogP contribution in [0.15, 0.2) is 77.4 Å². The van der Waals surface area contributed by atoms with Crippen LogP contribution in [-0.2, 0) is 9.53 Å². The van der Waals surface area contributed by atoms with E-state index in [-0.39, 0.29) is 17.3 Å². The molecule has 0 saturated heterocycles. The Morgan fingerprint density at radius 3 is 2.56 bits per heavy atom. The SMILES string of the molecule is CCOc1cc(/C=C2\N=C(c3cccc(Cl)c3)OC2=O)ccc1OC(=O)c1ccc(OC)cc1. The first-order valence-corrected chi connectivity index (χ1v) is 10.8. The lowest BCUT2D eigenvalue weighted by atomic mass is 10.1. The van der Waals surface area contributed by atoms with Gasteiger partial charge in [0.25, 0.3) is 0 Å². The molecule has 8 heteroatoms. The molecule has 0 aliphatic carbocycles. The summed E-state index contributed by atoms with van der Waals surface area (Å²) in [5.74, 6) is 0.295. The van der Waals surface area contributed by atoms with Crippen molar-refractivity contribution < 1.29 is 28.5 Å². The van der Waals surface area contributed by atoms with Crippen molar-refractivity contribution in [3.63, 3.8) is 0 Å². The first kappa shape index (κ1) is 23.1. The van der Waals surface area contributed by atoms with Crippen molar-refractivity contribution in [2.75, 3.05) is 13.7 Å².